The lowest BCUT2D eigenvalue weighted by Crippen LogP contribution is -2.50. The van der Waals surface area contributed by atoms with Gasteiger partial charge in [0.2, 0.25) is 0 Å². The molecule has 1 N–H and O–H groups in total. The molecule has 0 unspecified atom stereocenters. The number of aromatic nitrogens is 1. The third-order valence-electron chi connectivity index (χ3n) is 4.56. The fourth-order valence-corrected chi connectivity index (χ4v) is 3.21. The van der Waals surface area contributed by atoms with E-state index in [-0.39, 0.29) is 6.03 Å². The van der Waals surface area contributed by atoms with Crippen LogP contribution in [0.5, 0.6) is 0 Å². The van der Waals surface area contributed by atoms with E-state index < -0.39 is 0 Å². The summed E-state index contributed by atoms with van der Waals surface area (Å²) in [5.41, 5.74) is 2.79. The first-order chi connectivity index (χ1) is 12.3. The Balaban J connectivity index is 1.42. The molecule has 0 radical (unpaired) electrons. The van der Waals surface area contributed by atoms with Crippen LogP contribution < -0.4 is 10.2 Å². The van der Waals surface area contributed by atoms with Gasteiger partial charge < -0.3 is 15.1 Å². The highest BCUT2D eigenvalue weighted by molar-refractivity contribution is 5.99. The smallest absolute Gasteiger partial charge is 0.322 e. The second-order valence-electron chi connectivity index (χ2n) is 6.12. The highest BCUT2D eigenvalue weighted by Crippen LogP contribution is 2.21. The molecule has 5 heteroatoms. The van der Waals surface area contributed by atoms with Gasteiger partial charge in [-0.05, 0) is 24.3 Å². The molecule has 3 aromatic rings. The van der Waals surface area contributed by atoms with E-state index >= 15 is 0 Å². The number of piperazine rings is 1. The number of hydrogen-bond acceptors (Lipinski definition) is 3. The van der Waals surface area contributed by atoms with Crippen molar-refractivity contribution in [1.82, 2.24) is 9.88 Å². The molecule has 0 saturated carbocycles. The summed E-state index contributed by atoms with van der Waals surface area (Å²) in [6.07, 6.45) is 1.75. The zero-order valence-electron chi connectivity index (χ0n) is 13.9. The number of para-hydroxylation sites is 2. The summed E-state index contributed by atoms with van der Waals surface area (Å²) in [5, 5.41) is 4.04. The molecular weight excluding hydrogens is 312 g/mol. The maximum Gasteiger partial charge on any atom is 0.322 e. The van der Waals surface area contributed by atoms with Crippen molar-refractivity contribution in [3.63, 3.8) is 0 Å². The van der Waals surface area contributed by atoms with Crippen molar-refractivity contribution in [1.29, 1.82) is 0 Å². The molecule has 0 spiro atoms. The summed E-state index contributed by atoms with van der Waals surface area (Å²) < 4.78 is 0. The highest BCUT2D eigenvalue weighted by atomic mass is 16.2. The van der Waals surface area contributed by atoms with Gasteiger partial charge in [0.1, 0.15) is 0 Å². The van der Waals surface area contributed by atoms with Gasteiger partial charge in [0, 0.05) is 43.4 Å². The van der Waals surface area contributed by atoms with Gasteiger partial charge in [-0.15, -0.1) is 0 Å². The van der Waals surface area contributed by atoms with Crippen molar-refractivity contribution < 1.29 is 4.79 Å². The number of carbonyl (C=O) groups excluding carboxylic acids is 1. The summed E-state index contributed by atoms with van der Waals surface area (Å²) in [4.78, 5) is 21.2. The topological polar surface area (TPSA) is 48.5 Å². The molecule has 0 aliphatic carbocycles. The predicted octanol–water partition coefficient (Wildman–Crippen LogP) is 3.59. The zero-order chi connectivity index (χ0) is 17.1. The zero-order valence-corrected chi connectivity index (χ0v) is 13.9. The van der Waals surface area contributed by atoms with Gasteiger partial charge in [0.25, 0.3) is 0 Å². The average Bonchev–Trinajstić information content (AvgIpc) is 2.69. The van der Waals surface area contributed by atoms with Gasteiger partial charge in [-0.25, -0.2) is 4.79 Å². The van der Waals surface area contributed by atoms with Crippen molar-refractivity contribution in [2.24, 2.45) is 0 Å². The number of hydrogen-bond donors (Lipinski definition) is 1. The molecule has 0 bridgehead atoms. The molecule has 4 rings (SSSR count). The molecular formula is C20H20N4O. The van der Waals surface area contributed by atoms with E-state index in [4.69, 9.17) is 0 Å². The second kappa shape index (κ2) is 6.81. The first kappa shape index (κ1) is 15.4. The summed E-state index contributed by atoms with van der Waals surface area (Å²) >= 11 is 0. The van der Waals surface area contributed by atoms with Crippen LogP contribution in [-0.4, -0.2) is 42.1 Å². The maximum absolute atomic E-state index is 12.6. The van der Waals surface area contributed by atoms with E-state index in [9.17, 15) is 4.79 Å². The number of carbonyl (C=O) groups is 1. The summed E-state index contributed by atoms with van der Waals surface area (Å²) in [5.74, 6) is 0. The quantitative estimate of drug-likeness (QED) is 0.780. The van der Waals surface area contributed by atoms with Crippen LogP contribution in [0, 0.1) is 0 Å². The van der Waals surface area contributed by atoms with Crippen molar-refractivity contribution in [3.05, 3.63) is 66.9 Å². The average molecular weight is 332 g/mol. The number of nitrogens with one attached hydrogen (secondary N) is 1. The van der Waals surface area contributed by atoms with E-state index in [1.807, 2.05) is 53.4 Å². The minimum Gasteiger partial charge on any atom is -0.368 e. The third kappa shape index (κ3) is 3.26. The predicted molar refractivity (Wildman–Crippen MR) is 101 cm³/mol. The third-order valence-corrected chi connectivity index (χ3v) is 4.56. The molecule has 1 aromatic heterocycles. The van der Waals surface area contributed by atoms with Crippen LogP contribution in [0.25, 0.3) is 10.9 Å². The molecule has 1 saturated heterocycles. The Morgan fingerprint density at radius 2 is 1.64 bits per heavy atom. The van der Waals surface area contributed by atoms with E-state index in [0.29, 0.717) is 13.1 Å². The minimum atomic E-state index is -0.0640. The van der Waals surface area contributed by atoms with Crippen molar-refractivity contribution in [3.8, 4) is 0 Å². The molecule has 0 atom stereocenters. The molecule has 2 amide bonds. The largest absolute Gasteiger partial charge is 0.368 e. The molecule has 2 heterocycles. The normalized spacial score (nSPS) is 14.6. The molecule has 2 aromatic carbocycles. The first-order valence-electron chi connectivity index (χ1n) is 8.51. The fourth-order valence-electron chi connectivity index (χ4n) is 3.21. The van der Waals surface area contributed by atoms with Gasteiger partial charge in [-0.1, -0.05) is 36.4 Å². The lowest BCUT2D eigenvalue weighted by molar-refractivity contribution is 0.208. The first-order valence-corrected chi connectivity index (χ1v) is 8.51. The SMILES string of the molecule is O=C(Nc1cccc2cccnc12)N1CCN(c2ccccc2)CC1. The van der Waals surface area contributed by atoms with E-state index in [1.165, 1.54) is 5.69 Å². The highest BCUT2D eigenvalue weighted by Gasteiger charge is 2.21. The number of urea groups is 1. The molecule has 1 fully saturated rings. The number of rotatable bonds is 2. The van der Waals surface area contributed by atoms with Crippen molar-refractivity contribution in [2.75, 3.05) is 36.4 Å². The number of benzene rings is 2. The number of amides is 2. The lowest BCUT2D eigenvalue weighted by atomic mass is 10.2. The van der Waals surface area contributed by atoms with Crippen molar-refractivity contribution in [2.45, 2.75) is 0 Å². The molecule has 5 nitrogen and oxygen atoms in total. The van der Waals surface area contributed by atoms with Crippen LogP contribution in [0.1, 0.15) is 0 Å². The van der Waals surface area contributed by atoms with Gasteiger partial charge >= 0.3 is 6.03 Å². The maximum atomic E-state index is 12.6. The lowest BCUT2D eigenvalue weighted by Gasteiger charge is -2.36. The van der Waals surface area contributed by atoms with Crippen LogP contribution in [0.3, 0.4) is 0 Å². The standard InChI is InChI=1S/C20H20N4O/c25-20(22-18-10-4-6-16-7-5-11-21-19(16)18)24-14-12-23(13-15-24)17-8-2-1-3-9-17/h1-11H,12-15H2,(H,22,25). The summed E-state index contributed by atoms with van der Waals surface area (Å²) in [7, 11) is 0. The molecule has 25 heavy (non-hydrogen) atoms. The van der Waals surface area contributed by atoms with Gasteiger partial charge in [-0.3, -0.25) is 4.98 Å². The number of pyridine rings is 1. The van der Waals surface area contributed by atoms with Crippen LogP contribution >= 0.6 is 0 Å². The Kier molecular flexibility index (Phi) is 4.21. The Hall–Kier alpha value is -3.08. The number of nitrogens with zero attached hydrogens (tertiary/aromatic N) is 3. The van der Waals surface area contributed by atoms with Crippen LogP contribution in [0.4, 0.5) is 16.2 Å². The van der Waals surface area contributed by atoms with E-state index in [1.54, 1.807) is 6.20 Å². The minimum absolute atomic E-state index is 0.0640. The molecule has 1 aliphatic heterocycles. The Morgan fingerprint density at radius 1 is 0.880 bits per heavy atom. The monoisotopic (exact) mass is 332 g/mol. The van der Waals surface area contributed by atoms with Gasteiger partial charge in [0.05, 0.1) is 11.2 Å². The van der Waals surface area contributed by atoms with E-state index in [0.717, 1.165) is 29.7 Å². The van der Waals surface area contributed by atoms with Gasteiger partial charge in [-0.2, -0.15) is 0 Å². The number of fused-ring (bicyclic) bond motifs is 1. The second-order valence-corrected chi connectivity index (χ2v) is 6.12. The van der Waals surface area contributed by atoms with Crippen LogP contribution in [0.2, 0.25) is 0 Å². The van der Waals surface area contributed by atoms with E-state index in [2.05, 4.69) is 27.3 Å². The van der Waals surface area contributed by atoms with Gasteiger partial charge in [0.15, 0.2) is 0 Å². The van der Waals surface area contributed by atoms with Crippen molar-refractivity contribution >= 4 is 28.3 Å². The Morgan fingerprint density at radius 3 is 2.44 bits per heavy atom. The summed E-state index contributed by atoms with van der Waals surface area (Å²) in [6.45, 7) is 3.09. The molecule has 126 valence electrons. The summed E-state index contributed by atoms with van der Waals surface area (Å²) in [6, 6.07) is 20.0. The van der Waals surface area contributed by atoms with Crippen LogP contribution in [-0.2, 0) is 0 Å². The number of anilines is 2. The molecule has 1 aliphatic rings. The van der Waals surface area contributed by atoms with Crippen LogP contribution in [0.15, 0.2) is 66.9 Å². The Labute approximate surface area is 146 Å². The fraction of sp³-hybridized carbons (Fsp3) is 0.200. The Bertz CT molecular complexity index is 868.